The average Bonchev–Trinajstić information content (AvgIpc) is 2.96. The zero-order chi connectivity index (χ0) is 18.8. The number of aryl methyl sites for hydroxylation is 2. The summed E-state index contributed by atoms with van der Waals surface area (Å²) in [6.07, 6.45) is 1.83. The van der Waals surface area contributed by atoms with E-state index in [2.05, 4.69) is 5.32 Å². The summed E-state index contributed by atoms with van der Waals surface area (Å²) >= 11 is 0. The van der Waals surface area contributed by atoms with Gasteiger partial charge in [0.05, 0.1) is 25.8 Å². The van der Waals surface area contributed by atoms with E-state index in [1.165, 1.54) is 13.2 Å². The zero-order valence-electron chi connectivity index (χ0n) is 15.4. The summed E-state index contributed by atoms with van der Waals surface area (Å²) in [4.78, 5) is 12.4. The van der Waals surface area contributed by atoms with Crippen LogP contribution in [0.1, 0.15) is 35.2 Å². The summed E-state index contributed by atoms with van der Waals surface area (Å²) in [5.74, 6) is -0.407. The highest BCUT2D eigenvalue weighted by atomic mass is 19.1. The van der Waals surface area contributed by atoms with Crippen molar-refractivity contribution in [2.75, 3.05) is 7.11 Å². The fourth-order valence-corrected chi connectivity index (χ4v) is 2.97. The molecular weight excluding hydrogens is 333 g/mol. The number of hydrogen-bond donors (Lipinski definition) is 1. The molecule has 0 radical (unpaired) electrons. The van der Waals surface area contributed by atoms with E-state index in [0.717, 1.165) is 27.7 Å². The molecule has 1 N–H and O–H groups in total. The zero-order valence-corrected chi connectivity index (χ0v) is 15.4. The van der Waals surface area contributed by atoms with Crippen molar-refractivity contribution in [2.24, 2.45) is 0 Å². The molecule has 0 saturated carbocycles. The summed E-state index contributed by atoms with van der Waals surface area (Å²) < 4.78 is 24.3. The minimum Gasteiger partial charge on any atom is -0.494 e. The number of furan rings is 1. The number of hydrogen-bond acceptors (Lipinski definition) is 3. The fraction of sp³-hybridized carbons (Fsp3) is 0.286. The van der Waals surface area contributed by atoms with E-state index in [4.69, 9.17) is 9.15 Å². The van der Waals surface area contributed by atoms with Crippen molar-refractivity contribution < 1.29 is 18.3 Å². The normalized spacial score (nSPS) is 12.2. The molecule has 1 amide bonds. The Morgan fingerprint density at radius 2 is 1.96 bits per heavy atom. The van der Waals surface area contributed by atoms with Crippen LogP contribution in [0, 0.1) is 19.7 Å². The third kappa shape index (κ3) is 3.57. The van der Waals surface area contributed by atoms with E-state index >= 15 is 0 Å². The van der Waals surface area contributed by atoms with Gasteiger partial charge in [-0.1, -0.05) is 6.07 Å². The molecule has 0 aliphatic heterocycles. The Balaban J connectivity index is 1.72. The molecule has 1 aromatic heterocycles. The van der Waals surface area contributed by atoms with Crippen LogP contribution in [-0.4, -0.2) is 13.0 Å². The molecular formula is C21H22FNO3. The fourth-order valence-electron chi connectivity index (χ4n) is 2.97. The van der Waals surface area contributed by atoms with Gasteiger partial charge in [0.2, 0.25) is 5.91 Å². The lowest BCUT2D eigenvalue weighted by atomic mass is 10.0. The quantitative estimate of drug-likeness (QED) is 0.727. The van der Waals surface area contributed by atoms with Crippen molar-refractivity contribution in [3.63, 3.8) is 0 Å². The number of fused-ring (bicyclic) bond motifs is 1. The topological polar surface area (TPSA) is 51.5 Å². The van der Waals surface area contributed by atoms with Gasteiger partial charge in [0.1, 0.15) is 5.58 Å². The van der Waals surface area contributed by atoms with Crippen LogP contribution in [0.3, 0.4) is 0 Å². The highest BCUT2D eigenvalue weighted by Crippen LogP contribution is 2.26. The van der Waals surface area contributed by atoms with Crippen LogP contribution in [0.25, 0.3) is 11.0 Å². The lowest BCUT2D eigenvalue weighted by Gasteiger charge is -2.15. The molecule has 0 fully saturated rings. The Morgan fingerprint density at radius 1 is 1.23 bits per heavy atom. The number of rotatable bonds is 5. The van der Waals surface area contributed by atoms with Crippen LogP contribution in [0.5, 0.6) is 5.75 Å². The Morgan fingerprint density at radius 3 is 2.65 bits per heavy atom. The van der Waals surface area contributed by atoms with E-state index in [1.807, 2.05) is 32.9 Å². The molecule has 4 nitrogen and oxygen atoms in total. The Bertz CT molecular complexity index is 961. The molecule has 3 rings (SSSR count). The number of nitrogens with one attached hydrogen (secondary N) is 1. The lowest BCUT2D eigenvalue weighted by molar-refractivity contribution is -0.121. The van der Waals surface area contributed by atoms with Crippen LogP contribution in [0.4, 0.5) is 4.39 Å². The predicted molar refractivity (Wildman–Crippen MR) is 98.9 cm³/mol. The van der Waals surface area contributed by atoms with Gasteiger partial charge >= 0.3 is 0 Å². The second-order valence-corrected chi connectivity index (χ2v) is 6.55. The van der Waals surface area contributed by atoms with Crippen molar-refractivity contribution in [2.45, 2.75) is 33.2 Å². The first-order valence-electron chi connectivity index (χ1n) is 8.49. The summed E-state index contributed by atoms with van der Waals surface area (Å²) in [5.41, 5.74) is 4.61. The minimum atomic E-state index is -0.447. The third-order valence-corrected chi connectivity index (χ3v) is 4.67. The highest BCUT2D eigenvalue weighted by Gasteiger charge is 2.15. The first kappa shape index (κ1) is 18.0. The molecule has 136 valence electrons. The molecule has 0 saturated heterocycles. The van der Waals surface area contributed by atoms with Crippen molar-refractivity contribution in [1.82, 2.24) is 5.32 Å². The van der Waals surface area contributed by atoms with E-state index in [1.54, 1.807) is 18.4 Å². The van der Waals surface area contributed by atoms with Crippen molar-refractivity contribution in [3.05, 3.63) is 64.7 Å². The molecule has 1 atom stereocenters. The second kappa shape index (κ2) is 7.20. The summed E-state index contributed by atoms with van der Waals surface area (Å²) in [6, 6.07) is 8.38. The maximum Gasteiger partial charge on any atom is 0.225 e. The summed E-state index contributed by atoms with van der Waals surface area (Å²) in [6.45, 7) is 5.88. The standard InChI is InChI=1S/C21H22FNO3/c1-12-7-17-16(11-26-20(17)8-13(12)2)10-21(24)23-14(3)15-5-6-19(25-4)18(22)9-15/h5-9,11,14H,10H2,1-4H3,(H,23,24). The lowest BCUT2D eigenvalue weighted by Crippen LogP contribution is -2.28. The molecule has 0 spiro atoms. The maximum absolute atomic E-state index is 13.8. The van der Waals surface area contributed by atoms with Gasteiger partial charge in [0.25, 0.3) is 0 Å². The number of carbonyl (C=O) groups excluding carboxylic acids is 1. The van der Waals surface area contributed by atoms with Gasteiger partial charge in [-0.25, -0.2) is 4.39 Å². The van der Waals surface area contributed by atoms with E-state index in [-0.39, 0.29) is 24.1 Å². The SMILES string of the molecule is COc1ccc(C(C)NC(=O)Cc2coc3cc(C)c(C)cc23)cc1F. The summed E-state index contributed by atoms with van der Waals surface area (Å²) in [7, 11) is 1.42. The minimum absolute atomic E-state index is 0.144. The Hall–Kier alpha value is -2.82. The van der Waals surface area contributed by atoms with E-state index in [0.29, 0.717) is 5.56 Å². The second-order valence-electron chi connectivity index (χ2n) is 6.55. The highest BCUT2D eigenvalue weighted by molar-refractivity contribution is 5.88. The van der Waals surface area contributed by atoms with Gasteiger partial charge in [-0.2, -0.15) is 0 Å². The van der Waals surface area contributed by atoms with E-state index in [9.17, 15) is 9.18 Å². The van der Waals surface area contributed by atoms with Crippen molar-refractivity contribution >= 4 is 16.9 Å². The number of ether oxygens (including phenoxy) is 1. The molecule has 0 aliphatic rings. The van der Waals surface area contributed by atoms with Gasteiger partial charge in [0.15, 0.2) is 11.6 Å². The molecule has 1 unspecified atom stereocenters. The van der Waals surface area contributed by atoms with Gasteiger partial charge in [-0.05, 0) is 61.7 Å². The van der Waals surface area contributed by atoms with Crippen molar-refractivity contribution in [1.29, 1.82) is 0 Å². The van der Waals surface area contributed by atoms with Crippen LogP contribution < -0.4 is 10.1 Å². The smallest absolute Gasteiger partial charge is 0.225 e. The van der Waals surface area contributed by atoms with Crippen LogP contribution in [0.2, 0.25) is 0 Å². The van der Waals surface area contributed by atoms with Gasteiger partial charge in [0, 0.05) is 10.9 Å². The number of amides is 1. The van der Waals surface area contributed by atoms with Gasteiger partial charge in [-0.15, -0.1) is 0 Å². The van der Waals surface area contributed by atoms with Crippen LogP contribution in [-0.2, 0) is 11.2 Å². The Labute approximate surface area is 152 Å². The first-order valence-corrected chi connectivity index (χ1v) is 8.49. The molecule has 0 aliphatic carbocycles. The first-order chi connectivity index (χ1) is 12.4. The third-order valence-electron chi connectivity index (χ3n) is 4.67. The molecule has 1 heterocycles. The van der Waals surface area contributed by atoms with Crippen LogP contribution in [0.15, 0.2) is 41.0 Å². The number of methoxy groups -OCH3 is 1. The number of carbonyl (C=O) groups is 1. The largest absolute Gasteiger partial charge is 0.494 e. The van der Waals surface area contributed by atoms with Crippen molar-refractivity contribution in [3.8, 4) is 5.75 Å². The molecule has 0 bridgehead atoms. The summed E-state index contributed by atoms with van der Waals surface area (Å²) in [5, 5.41) is 3.85. The van der Waals surface area contributed by atoms with Crippen LogP contribution >= 0.6 is 0 Å². The maximum atomic E-state index is 13.8. The Kier molecular flexibility index (Phi) is 4.98. The average molecular weight is 355 g/mol. The molecule has 2 aromatic carbocycles. The number of benzene rings is 2. The van der Waals surface area contributed by atoms with Gasteiger partial charge < -0.3 is 14.5 Å². The molecule has 3 aromatic rings. The molecule has 26 heavy (non-hydrogen) atoms. The van der Waals surface area contributed by atoms with Gasteiger partial charge in [-0.3, -0.25) is 4.79 Å². The van der Waals surface area contributed by atoms with E-state index < -0.39 is 5.82 Å². The monoisotopic (exact) mass is 355 g/mol. The predicted octanol–water partition coefficient (Wildman–Crippen LogP) is 4.62. The molecule has 5 heteroatoms. The number of halogens is 1.